The Bertz CT molecular complexity index is 350. The van der Waals surface area contributed by atoms with Gasteiger partial charge in [-0.25, -0.2) is 4.39 Å². The van der Waals surface area contributed by atoms with Gasteiger partial charge in [0, 0.05) is 19.2 Å². The number of rotatable bonds is 5. The maximum Gasteiger partial charge on any atom is 0.123 e. The molecule has 1 N–H and O–H groups in total. The van der Waals surface area contributed by atoms with Crippen LogP contribution in [-0.2, 0) is 4.74 Å². The van der Waals surface area contributed by atoms with Crippen molar-refractivity contribution in [1.82, 2.24) is 5.32 Å². The fraction of sp³-hybridized carbons (Fsp3) is 0.571. The highest BCUT2D eigenvalue weighted by molar-refractivity contribution is 5.20. The smallest absolute Gasteiger partial charge is 0.123 e. The van der Waals surface area contributed by atoms with E-state index in [1.54, 1.807) is 12.1 Å². The number of halogens is 1. The summed E-state index contributed by atoms with van der Waals surface area (Å²) < 4.78 is 18.5. The van der Waals surface area contributed by atoms with Gasteiger partial charge < -0.3 is 10.1 Å². The number of hydrogen-bond acceptors (Lipinski definition) is 2. The van der Waals surface area contributed by atoms with Gasteiger partial charge in [-0.3, -0.25) is 0 Å². The molecule has 1 aliphatic rings. The minimum Gasteiger partial charge on any atom is -0.381 e. The largest absolute Gasteiger partial charge is 0.381 e. The standard InChI is InChI=1S/C14H20FNO/c1-2-14(12-4-3-5-13(15)8-12)16-9-11-6-7-17-10-11/h3-5,8,11,14,16H,2,6-7,9-10H2,1H3. The van der Waals surface area contributed by atoms with Gasteiger partial charge in [0.1, 0.15) is 5.82 Å². The average molecular weight is 237 g/mol. The van der Waals surface area contributed by atoms with E-state index in [0.717, 1.165) is 38.2 Å². The number of benzene rings is 1. The van der Waals surface area contributed by atoms with Gasteiger partial charge in [-0.05, 0) is 36.5 Å². The van der Waals surface area contributed by atoms with Gasteiger partial charge in [-0.1, -0.05) is 19.1 Å². The molecule has 3 heteroatoms. The number of ether oxygens (including phenoxy) is 1. The number of hydrogen-bond donors (Lipinski definition) is 1. The van der Waals surface area contributed by atoms with Crippen molar-refractivity contribution in [2.45, 2.75) is 25.8 Å². The average Bonchev–Trinajstić information content (AvgIpc) is 2.83. The summed E-state index contributed by atoms with van der Waals surface area (Å²) in [6.07, 6.45) is 2.10. The first-order valence-electron chi connectivity index (χ1n) is 6.36. The summed E-state index contributed by atoms with van der Waals surface area (Å²) in [5.74, 6) is 0.449. The summed E-state index contributed by atoms with van der Waals surface area (Å²) >= 11 is 0. The summed E-state index contributed by atoms with van der Waals surface area (Å²) in [6.45, 7) is 4.80. The second-order valence-electron chi connectivity index (χ2n) is 4.65. The SMILES string of the molecule is CCC(NCC1CCOC1)c1cccc(F)c1. The topological polar surface area (TPSA) is 21.3 Å². The quantitative estimate of drug-likeness (QED) is 0.850. The molecule has 2 rings (SSSR count). The molecule has 0 aliphatic carbocycles. The Kier molecular flexibility index (Phi) is 4.51. The molecule has 17 heavy (non-hydrogen) atoms. The Morgan fingerprint density at radius 1 is 1.53 bits per heavy atom. The summed E-state index contributed by atoms with van der Waals surface area (Å²) in [7, 11) is 0. The molecular weight excluding hydrogens is 217 g/mol. The van der Waals surface area contributed by atoms with Crippen LogP contribution in [0.4, 0.5) is 4.39 Å². The van der Waals surface area contributed by atoms with Crippen molar-refractivity contribution in [2.24, 2.45) is 5.92 Å². The summed E-state index contributed by atoms with van der Waals surface area (Å²) in [5, 5.41) is 3.51. The van der Waals surface area contributed by atoms with Crippen molar-refractivity contribution in [3.8, 4) is 0 Å². The maximum absolute atomic E-state index is 13.2. The first kappa shape index (κ1) is 12.5. The molecule has 0 radical (unpaired) electrons. The van der Waals surface area contributed by atoms with Gasteiger partial charge in [0.05, 0.1) is 6.61 Å². The van der Waals surface area contributed by atoms with E-state index in [-0.39, 0.29) is 11.9 Å². The van der Waals surface area contributed by atoms with E-state index < -0.39 is 0 Å². The molecule has 1 heterocycles. The third-order valence-electron chi connectivity index (χ3n) is 3.34. The summed E-state index contributed by atoms with van der Waals surface area (Å²) in [4.78, 5) is 0. The molecule has 0 spiro atoms. The highest BCUT2D eigenvalue weighted by Crippen LogP contribution is 2.19. The molecule has 1 aliphatic heterocycles. The Labute approximate surface area is 102 Å². The van der Waals surface area contributed by atoms with Crippen LogP contribution in [0.1, 0.15) is 31.4 Å². The van der Waals surface area contributed by atoms with Crippen LogP contribution in [0.2, 0.25) is 0 Å². The fourth-order valence-corrected chi connectivity index (χ4v) is 2.27. The highest BCUT2D eigenvalue weighted by Gasteiger charge is 2.17. The van der Waals surface area contributed by atoms with Crippen LogP contribution >= 0.6 is 0 Å². The Hall–Kier alpha value is -0.930. The molecule has 94 valence electrons. The van der Waals surface area contributed by atoms with Crippen LogP contribution in [-0.4, -0.2) is 19.8 Å². The van der Waals surface area contributed by atoms with Gasteiger partial charge in [-0.15, -0.1) is 0 Å². The van der Waals surface area contributed by atoms with Crippen LogP contribution < -0.4 is 5.32 Å². The normalized spacial score (nSPS) is 21.6. The molecule has 1 aromatic carbocycles. The van der Waals surface area contributed by atoms with E-state index in [0.29, 0.717) is 5.92 Å². The summed E-state index contributed by atoms with van der Waals surface area (Å²) in [6, 6.07) is 7.10. The zero-order valence-corrected chi connectivity index (χ0v) is 10.3. The van der Waals surface area contributed by atoms with Gasteiger partial charge in [0.2, 0.25) is 0 Å². The van der Waals surface area contributed by atoms with Gasteiger partial charge in [0.25, 0.3) is 0 Å². The van der Waals surface area contributed by atoms with E-state index in [1.165, 1.54) is 6.07 Å². The van der Waals surface area contributed by atoms with E-state index in [4.69, 9.17) is 4.74 Å². The predicted molar refractivity (Wildman–Crippen MR) is 66.4 cm³/mol. The lowest BCUT2D eigenvalue weighted by Crippen LogP contribution is -2.27. The van der Waals surface area contributed by atoms with Crippen molar-refractivity contribution in [2.75, 3.05) is 19.8 Å². The molecule has 2 nitrogen and oxygen atoms in total. The first-order valence-corrected chi connectivity index (χ1v) is 6.36. The molecule has 0 amide bonds. The molecule has 1 saturated heterocycles. The molecule has 0 bridgehead atoms. The number of nitrogens with one attached hydrogen (secondary N) is 1. The minimum absolute atomic E-state index is 0.160. The molecule has 1 aromatic rings. The van der Waals surface area contributed by atoms with Crippen molar-refractivity contribution in [1.29, 1.82) is 0 Å². The molecule has 1 fully saturated rings. The Balaban J connectivity index is 1.91. The monoisotopic (exact) mass is 237 g/mol. The lowest BCUT2D eigenvalue weighted by Gasteiger charge is -2.19. The van der Waals surface area contributed by atoms with Crippen molar-refractivity contribution < 1.29 is 9.13 Å². The van der Waals surface area contributed by atoms with Crippen LogP contribution in [0.25, 0.3) is 0 Å². The second-order valence-corrected chi connectivity index (χ2v) is 4.65. The van der Waals surface area contributed by atoms with Crippen molar-refractivity contribution >= 4 is 0 Å². The van der Waals surface area contributed by atoms with Crippen LogP contribution in [0, 0.1) is 11.7 Å². The maximum atomic E-state index is 13.2. The minimum atomic E-state index is -0.160. The van der Waals surface area contributed by atoms with E-state index in [2.05, 4.69) is 12.2 Å². The zero-order valence-electron chi connectivity index (χ0n) is 10.3. The van der Waals surface area contributed by atoms with E-state index in [9.17, 15) is 4.39 Å². The highest BCUT2D eigenvalue weighted by atomic mass is 19.1. The molecular formula is C14H20FNO. The predicted octanol–water partition coefficient (Wildman–Crippen LogP) is 2.90. The van der Waals surface area contributed by atoms with Gasteiger partial charge in [-0.2, -0.15) is 0 Å². The lowest BCUT2D eigenvalue weighted by molar-refractivity contribution is 0.184. The lowest BCUT2D eigenvalue weighted by atomic mass is 10.0. The molecule has 0 saturated carbocycles. The second kappa shape index (κ2) is 6.12. The van der Waals surface area contributed by atoms with Crippen molar-refractivity contribution in [3.05, 3.63) is 35.6 Å². The zero-order chi connectivity index (χ0) is 12.1. The fourth-order valence-electron chi connectivity index (χ4n) is 2.27. The molecule has 2 unspecified atom stereocenters. The van der Waals surface area contributed by atoms with Gasteiger partial charge >= 0.3 is 0 Å². The van der Waals surface area contributed by atoms with Crippen LogP contribution in [0.3, 0.4) is 0 Å². The van der Waals surface area contributed by atoms with Gasteiger partial charge in [0.15, 0.2) is 0 Å². The van der Waals surface area contributed by atoms with Crippen LogP contribution in [0.5, 0.6) is 0 Å². The van der Waals surface area contributed by atoms with Crippen molar-refractivity contribution in [3.63, 3.8) is 0 Å². The Morgan fingerprint density at radius 3 is 3.06 bits per heavy atom. The van der Waals surface area contributed by atoms with E-state index in [1.807, 2.05) is 6.07 Å². The van der Waals surface area contributed by atoms with E-state index >= 15 is 0 Å². The Morgan fingerprint density at radius 2 is 2.41 bits per heavy atom. The summed E-state index contributed by atoms with van der Waals surface area (Å²) in [5.41, 5.74) is 1.03. The molecule has 0 aromatic heterocycles. The first-order chi connectivity index (χ1) is 8.29. The van der Waals surface area contributed by atoms with Crippen LogP contribution in [0.15, 0.2) is 24.3 Å². The molecule has 2 atom stereocenters. The third-order valence-corrected chi connectivity index (χ3v) is 3.34. The third kappa shape index (κ3) is 3.51.